The number of fused-ring (bicyclic) bond motifs is 1. The van der Waals surface area contributed by atoms with Crippen LogP contribution in [0.3, 0.4) is 0 Å². The lowest BCUT2D eigenvalue weighted by molar-refractivity contribution is 0.102. The van der Waals surface area contributed by atoms with Crippen LogP contribution in [0.4, 0.5) is 5.69 Å². The molecule has 2 N–H and O–H groups in total. The van der Waals surface area contributed by atoms with Gasteiger partial charge in [0.2, 0.25) is 11.8 Å². The fraction of sp³-hybridized carbons (Fsp3) is 0.120. The molecule has 0 aliphatic carbocycles. The van der Waals surface area contributed by atoms with Gasteiger partial charge in [-0.3, -0.25) is 14.2 Å². The van der Waals surface area contributed by atoms with Crippen LogP contribution in [0, 0.1) is 0 Å². The number of amides is 1. The molecular formula is C25H20ClN9O2. The summed E-state index contributed by atoms with van der Waals surface area (Å²) in [7, 11) is 3.65. The average Bonchev–Trinajstić information content (AvgIpc) is 3.68. The van der Waals surface area contributed by atoms with Crippen molar-refractivity contribution in [2.75, 3.05) is 5.32 Å². The number of carbonyl (C=O) groups is 1. The van der Waals surface area contributed by atoms with Gasteiger partial charge in [0, 0.05) is 66.0 Å². The van der Waals surface area contributed by atoms with Crippen molar-refractivity contribution < 1.29 is 9.21 Å². The van der Waals surface area contributed by atoms with Gasteiger partial charge in [0.25, 0.3) is 5.91 Å². The number of anilines is 1. The number of aromatic nitrogens is 8. The van der Waals surface area contributed by atoms with E-state index in [9.17, 15) is 4.79 Å². The zero-order chi connectivity index (χ0) is 25.5. The Morgan fingerprint density at radius 3 is 2.65 bits per heavy atom. The van der Waals surface area contributed by atoms with Gasteiger partial charge in [-0.15, -0.1) is 10.2 Å². The minimum absolute atomic E-state index is 0.278. The molecule has 0 bridgehead atoms. The smallest absolute Gasteiger partial charge is 0.255 e. The minimum Gasteiger partial charge on any atom is -0.420 e. The first-order valence-electron chi connectivity index (χ1n) is 11.3. The van der Waals surface area contributed by atoms with Crippen LogP contribution in [0.25, 0.3) is 33.6 Å². The van der Waals surface area contributed by atoms with Gasteiger partial charge >= 0.3 is 0 Å². The lowest BCUT2D eigenvalue weighted by Crippen LogP contribution is -2.11. The van der Waals surface area contributed by atoms with Crippen LogP contribution in [0.15, 0.2) is 65.9 Å². The molecule has 0 spiro atoms. The van der Waals surface area contributed by atoms with E-state index in [-0.39, 0.29) is 5.91 Å². The first-order valence-corrected chi connectivity index (χ1v) is 11.7. The second-order valence-electron chi connectivity index (χ2n) is 8.57. The summed E-state index contributed by atoms with van der Waals surface area (Å²) >= 11 is 6.49. The Hall–Kier alpha value is -4.77. The summed E-state index contributed by atoms with van der Waals surface area (Å²) in [6.07, 6.45) is 10.9. The number of nitrogens with zero attached hydrogens (tertiary/aromatic N) is 7. The molecule has 37 heavy (non-hydrogen) atoms. The molecule has 0 aliphatic rings. The Morgan fingerprint density at radius 2 is 1.89 bits per heavy atom. The van der Waals surface area contributed by atoms with E-state index >= 15 is 0 Å². The van der Waals surface area contributed by atoms with Gasteiger partial charge in [-0.25, -0.2) is 4.98 Å². The standard InChI is InChI=1S/C25H20ClN9O2/c1-34-12-17(9-29-34)16-5-19-20(11-28-23(19)27-8-16)25-33-32-22(37-25)7-14-3-4-15(6-21(14)26)24(36)31-18-10-30-35(2)13-18/h3-6,8-13H,7H2,1-2H3,(H,27,28)(H,31,36). The lowest BCUT2D eigenvalue weighted by Gasteiger charge is -2.06. The highest BCUT2D eigenvalue weighted by Crippen LogP contribution is 2.31. The highest BCUT2D eigenvalue weighted by atomic mass is 35.5. The monoisotopic (exact) mass is 513 g/mol. The number of pyridine rings is 1. The number of hydrogen-bond acceptors (Lipinski definition) is 7. The number of H-pyrrole nitrogens is 1. The molecule has 0 saturated carbocycles. The molecule has 0 saturated heterocycles. The number of rotatable bonds is 6. The van der Waals surface area contributed by atoms with Gasteiger partial charge in [-0.2, -0.15) is 10.2 Å². The van der Waals surface area contributed by atoms with Crippen LogP contribution < -0.4 is 5.32 Å². The van der Waals surface area contributed by atoms with Crippen molar-refractivity contribution in [1.29, 1.82) is 0 Å². The molecule has 5 aromatic heterocycles. The Morgan fingerprint density at radius 1 is 1.05 bits per heavy atom. The molecule has 0 fully saturated rings. The third kappa shape index (κ3) is 4.47. The van der Waals surface area contributed by atoms with Crippen LogP contribution >= 0.6 is 11.6 Å². The van der Waals surface area contributed by atoms with Gasteiger partial charge in [0.15, 0.2) is 0 Å². The van der Waals surface area contributed by atoms with Crippen molar-refractivity contribution in [2.24, 2.45) is 14.1 Å². The fourth-order valence-electron chi connectivity index (χ4n) is 4.03. The van der Waals surface area contributed by atoms with E-state index in [0.29, 0.717) is 40.1 Å². The van der Waals surface area contributed by atoms with E-state index in [2.05, 4.69) is 35.7 Å². The maximum atomic E-state index is 12.5. The normalized spacial score (nSPS) is 11.3. The van der Waals surface area contributed by atoms with Crippen LogP contribution in [-0.2, 0) is 20.5 Å². The third-order valence-corrected chi connectivity index (χ3v) is 6.24. The van der Waals surface area contributed by atoms with Crippen molar-refractivity contribution in [3.63, 3.8) is 0 Å². The summed E-state index contributed by atoms with van der Waals surface area (Å²) < 4.78 is 9.32. The molecular weight excluding hydrogens is 494 g/mol. The van der Waals surface area contributed by atoms with Crippen molar-refractivity contribution in [1.82, 2.24) is 39.7 Å². The average molecular weight is 514 g/mol. The molecule has 1 aromatic carbocycles. The molecule has 0 radical (unpaired) electrons. The highest BCUT2D eigenvalue weighted by molar-refractivity contribution is 6.31. The van der Waals surface area contributed by atoms with Gasteiger partial charge in [0.1, 0.15) is 5.65 Å². The SMILES string of the molecule is Cn1cc(NC(=O)c2ccc(Cc3nnc(-c4c[nH]c5ncc(-c6cnn(C)c6)cc45)o3)c(Cl)c2)cn1. The largest absolute Gasteiger partial charge is 0.420 e. The van der Waals surface area contributed by atoms with Crippen LogP contribution in [0.5, 0.6) is 0 Å². The van der Waals surface area contributed by atoms with E-state index in [1.165, 1.54) is 0 Å². The summed E-state index contributed by atoms with van der Waals surface area (Å²) in [5.41, 5.74) is 5.15. The van der Waals surface area contributed by atoms with Crippen molar-refractivity contribution in [3.05, 3.63) is 83.5 Å². The second kappa shape index (κ2) is 9.03. The first-order chi connectivity index (χ1) is 17.9. The zero-order valence-electron chi connectivity index (χ0n) is 19.8. The first kappa shape index (κ1) is 22.7. The summed E-state index contributed by atoms with van der Waals surface area (Å²) in [6.45, 7) is 0. The van der Waals surface area contributed by atoms with E-state index in [0.717, 1.165) is 27.6 Å². The van der Waals surface area contributed by atoms with Gasteiger partial charge in [-0.1, -0.05) is 17.7 Å². The maximum absolute atomic E-state index is 12.5. The summed E-state index contributed by atoms with van der Waals surface area (Å²) in [6, 6.07) is 7.11. The summed E-state index contributed by atoms with van der Waals surface area (Å²) in [4.78, 5) is 20.2. The predicted octanol–water partition coefficient (Wildman–Crippen LogP) is 4.24. The van der Waals surface area contributed by atoms with Gasteiger partial charge in [-0.05, 0) is 23.8 Å². The number of hydrogen-bond donors (Lipinski definition) is 2. The van der Waals surface area contributed by atoms with Gasteiger partial charge in [0.05, 0.1) is 30.1 Å². The van der Waals surface area contributed by atoms with Crippen molar-refractivity contribution in [3.8, 4) is 22.6 Å². The van der Waals surface area contributed by atoms with E-state index < -0.39 is 0 Å². The second-order valence-corrected chi connectivity index (χ2v) is 8.97. The molecule has 0 aliphatic heterocycles. The molecule has 0 unspecified atom stereocenters. The number of aromatic amines is 1. The molecule has 0 atom stereocenters. The summed E-state index contributed by atoms with van der Waals surface area (Å²) in [5, 5.41) is 20.8. The molecule has 6 aromatic rings. The summed E-state index contributed by atoms with van der Waals surface area (Å²) in [5.74, 6) is 0.491. The lowest BCUT2D eigenvalue weighted by atomic mass is 10.1. The quantitative estimate of drug-likeness (QED) is 0.340. The Labute approximate surface area is 215 Å². The molecule has 6 rings (SSSR count). The van der Waals surface area contributed by atoms with Crippen molar-refractivity contribution in [2.45, 2.75) is 6.42 Å². The highest BCUT2D eigenvalue weighted by Gasteiger charge is 2.17. The van der Waals surface area contributed by atoms with Crippen LogP contribution in [-0.4, -0.2) is 45.6 Å². The van der Waals surface area contributed by atoms with E-state index in [4.69, 9.17) is 16.0 Å². The Kier molecular flexibility index (Phi) is 5.53. The minimum atomic E-state index is -0.278. The molecule has 11 nitrogen and oxygen atoms in total. The topological polar surface area (TPSA) is 132 Å². The third-order valence-electron chi connectivity index (χ3n) is 5.89. The number of aryl methyl sites for hydroxylation is 2. The zero-order valence-corrected chi connectivity index (χ0v) is 20.6. The Bertz CT molecular complexity index is 1760. The maximum Gasteiger partial charge on any atom is 0.255 e. The van der Waals surface area contributed by atoms with Crippen LogP contribution in [0.2, 0.25) is 5.02 Å². The van der Waals surface area contributed by atoms with Crippen LogP contribution in [0.1, 0.15) is 21.8 Å². The number of nitrogens with one attached hydrogen (secondary N) is 2. The molecule has 1 amide bonds. The fourth-order valence-corrected chi connectivity index (χ4v) is 4.27. The molecule has 5 heterocycles. The van der Waals surface area contributed by atoms with E-state index in [1.807, 2.05) is 19.3 Å². The van der Waals surface area contributed by atoms with E-state index in [1.54, 1.807) is 65.6 Å². The van der Waals surface area contributed by atoms with Crippen molar-refractivity contribution >= 4 is 34.2 Å². The van der Waals surface area contributed by atoms with Gasteiger partial charge < -0.3 is 14.7 Å². The predicted molar refractivity (Wildman–Crippen MR) is 137 cm³/mol. The molecule has 12 heteroatoms. The Balaban J connectivity index is 1.22. The number of carbonyl (C=O) groups excluding carboxylic acids is 1. The number of benzene rings is 1. The molecule has 184 valence electrons. The number of halogens is 1.